The van der Waals surface area contributed by atoms with Gasteiger partial charge in [0.15, 0.2) is 0 Å². The van der Waals surface area contributed by atoms with Crippen molar-refractivity contribution in [3.05, 3.63) is 42.5 Å². The maximum absolute atomic E-state index is 4.54. The Kier molecular flexibility index (Phi) is 7.84. The fourth-order valence-electron chi connectivity index (χ4n) is 7.84. The molecule has 0 aliphatic heterocycles. The van der Waals surface area contributed by atoms with Crippen LogP contribution in [0.2, 0.25) is 43.3 Å². The zero-order chi connectivity index (χ0) is 23.0. The van der Waals surface area contributed by atoms with E-state index in [0.717, 1.165) is 40.7 Å². The fraction of sp³-hybridized carbons (Fsp3) is 0.724. The van der Waals surface area contributed by atoms with Gasteiger partial charge in [-0.25, -0.2) is 0 Å². The Balaban J connectivity index is 1.53. The van der Waals surface area contributed by atoms with Gasteiger partial charge in [-0.3, -0.25) is 0 Å². The van der Waals surface area contributed by atoms with Crippen LogP contribution < -0.4 is 5.19 Å². The van der Waals surface area contributed by atoms with Gasteiger partial charge in [0.2, 0.25) is 0 Å². The van der Waals surface area contributed by atoms with Crippen molar-refractivity contribution in [2.75, 3.05) is 0 Å². The van der Waals surface area contributed by atoms with Gasteiger partial charge >= 0.3 is 0 Å². The first-order chi connectivity index (χ1) is 14.4. The molecule has 0 saturated heterocycles. The third kappa shape index (κ3) is 5.32. The molecule has 2 fully saturated rings. The van der Waals surface area contributed by atoms with E-state index in [1.54, 1.807) is 5.19 Å². The van der Waals surface area contributed by atoms with Crippen LogP contribution in [0.3, 0.4) is 0 Å². The highest BCUT2D eigenvalue weighted by Gasteiger charge is 2.52. The predicted octanol–water partition coefficient (Wildman–Crippen LogP) is 8.75. The Labute approximate surface area is 196 Å². The molecule has 6 atom stereocenters. The zero-order valence-electron chi connectivity index (χ0n) is 21.9. The average molecular weight is 455 g/mol. The molecule has 2 saturated carbocycles. The molecule has 0 spiro atoms. The molecule has 0 aromatic heterocycles. The first-order valence-corrected chi connectivity index (χ1v) is 19.5. The summed E-state index contributed by atoms with van der Waals surface area (Å²) < 4.78 is 0. The van der Waals surface area contributed by atoms with Crippen LogP contribution in [0.15, 0.2) is 42.5 Å². The third-order valence-corrected chi connectivity index (χ3v) is 18.9. The topological polar surface area (TPSA) is 0 Å². The van der Waals surface area contributed by atoms with E-state index < -0.39 is 16.1 Å². The Morgan fingerprint density at radius 3 is 2.03 bits per heavy atom. The molecule has 31 heavy (non-hydrogen) atoms. The van der Waals surface area contributed by atoms with Crippen molar-refractivity contribution in [1.29, 1.82) is 0 Å². The Morgan fingerprint density at radius 1 is 0.871 bits per heavy atom. The smallest absolute Gasteiger partial charge is 0.0845 e. The second-order valence-electron chi connectivity index (χ2n) is 12.9. The summed E-state index contributed by atoms with van der Waals surface area (Å²) >= 11 is 0. The van der Waals surface area contributed by atoms with Crippen LogP contribution in [-0.2, 0) is 0 Å². The van der Waals surface area contributed by atoms with Crippen molar-refractivity contribution >= 4 is 21.3 Å². The number of hydrogen-bond acceptors (Lipinski definition) is 0. The predicted molar refractivity (Wildman–Crippen MR) is 146 cm³/mol. The highest BCUT2D eigenvalue weighted by atomic mass is 28.3. The second-order valence-corrected chi connectivity index (χ2v) is 22.7. The monoisotopic (exact) mass is 454 g/mol. The van der Waals surface area contributed by atoms with Gasteiger partial charge in [0.05, 0.1) is 16.1 Å². The van der Waals surface area contributed by atoms with Crippen molar-refractivity contribution < 1.29 is 0 Å². The molecule has 2 aliphatic rings. The normalized spacial score (nSPS) is 34.3. The molecular weight excluding hydrogens is 404 g/mol. The van der Waals surface area contributed by atoms with E-state index in [-0.39, 0.29) is 0 Å². The molecule has 1 aromatic carbocycles. The van der Waals surface area contributed by atoms with Crippen LogP contribution >= 0.6 is 0 Å². The highest BCUT2D eigenvalue weighted by Crippen LogP contribution is 2.59. The quantitative estimate of drug-likeness (QED) is 0.272. The van der Waals surface area contributed by atoms with Gasteiger partial charge < -0.3 is 0 Å². The lowest BCUT2D eigenvalue weighted by Gasteiger charge is -2.41. The maximum atomic E-state index is 4.54. The SMILES string of the molecule is C=C(CCC1CCC([Si](C)(C)C2C(C)C(C)C(C)C2C)C1)C[Si](C)(C)c1ccccc1. The van der Waals surface area contributed by atoms with E-state index >= 15 is 0 Å². The van der Waals surface area contributed by atoms with Crippen molar-refractivity contribution in [3.63, 3.8) is 0 Å². The van der Waals surface area contributed by atoms with Gasteiger partial charge in [0, 0.05) is 0 Å². The summed E-state index contributed by atoms with van der Waals surface area (Å²) in [7, 11) is -2.64. The lowest BCUT2D eigenvalue weighted by Crippen LogP contribution is -2.41. The van der Waals surface area contributed by atoms with Gasteiger partial charge in [-0.15, -0.1) is 6.58 Å². The van der Waals surface area contributed by atoms with Gasteiger partial charge in [-0.1, -0.05) is 108 Å². The molecule has 174 valence electrons. The minimum absolute atomic E-state index is 0.907. The van der Waals surface area contributed by atoms with Crippen LogP contribution in [0.25, 0.3) is 0 Å². The molecule has 2 aliphatic carbocycles. The summed E-state index contributed by atoms with van der Waals surface area (Å²) in [6, 6.07) is 12.5. The first-order valence-electron chi connectivity index (χ1n) is 13.2. The molecule has 6 unspecified atom stereocenters. The maximum Gasteiger partial charge on any atom is 0.0845 e. The van der Waals surface area contributed by atoms with Crippen molar-refractivity contribution in [1.82, 2.24) is 0 Å². The lowest BCUT2D eigenvalue weighted by molar-refractivity contribution is 0.352. The molecule has 0 amide bonds. The molecule has 3 rings (SSSR count). The Hall–Kier alpha value is -0.606. The standard InChI is InChI=1S/C29H50Si2/c1-21(20-30(6,7)27-13-11-10-12-14-27)15-16-26-17-18-28(19-26)31(8,9)29-24(4)22(2)23(3)25(29)5/h10-14,22-26,28-29H,1,15-20H2,2-9H3. The summed E-state index contributed by atoms with van der Waals surface area (Å²) in [4.78, 5) is 0. The Morgan fingerprint density at radius 2 is 1.45 bits per heavy atom. The average Bonchev–Trinajstić information content (AvgIpc) is 3.27. The van der Waals surface area contributed by atoms with E-state index in [9.17, 15) is 0 Å². The van der Waals surface area contributed by atoms with E-state index in [2.05, 4.69) is 90.8 Å². The van der Waals surface area contributed by atoms with E-state index in [1.807, 2.05) is 0 Å². The van der Waals surface area contributed by atoms with Crippen LogP contribution in [0, 0.1) is 29.6 Å². The fourth-order valence-corrected chi connectivity index (χ4v) is 16.3. The van der Waals surface area contributed by atoms with Crippen LogP contribution in [0.4, 0.5) is 0 Å². The molecule has 0 bridgehead atoms. The van der Waals surface area contributed by atoms with Gasteiger partial charge in [-0.05, 0) is 66.0 Å². The van der Waals surface area contributed by atoms with E-state index in [0.29, 0.717) is 0 Å². The molecule has 0 radical (unpaired) electrons. The number of rotatable bonds is 8. The number of benzene rings is 1. The molecule has 0 nitrogen and oxygen atoms in total. The van der Waals surface area contributed by atoms with Crippen molar-refractivity contribution in [3.8, 4) is 0 Å². The highest BCUT2D eigenvalue weighted by molar-refractivity contribution is 6.90. The van der Waals surface area contributed by atoms with E-state index in [4.69, 9.17) is 0 Å². The molecule has 0 heterocycles. The molecule has 2 heteroatoms. The summed E-state index contributed by atoms with van der Waals surface area (Å²) in [5, 5.41) is 1.58. The summed E-state index contributed by atoms with van der Waals surface area (Å²) in [5.74, 6) is 4.62. The van der Waals surface area contributed by atoms with E-state index in [1.165, 1.54) is 43.7 Å². The largest absolute Gasteiger partial charge is 0.100 e. The van der Waals surface area contributed by atoms with Gasteiger partial charge in [0.1, 0.15) is 0 Å². The molecule has 1 aromatic rings. The lowest BCUT2D eigenvalue weighted by atomic mass is 9.92. The minimum atomic E-state index is -1.40. The summed E-state index contributed by atoms with van der Waals surface area (Å²) in [5.41, 5.74) is 3.59. The van der Waals surface area contributed by atoms with Crippen molar-refractivity contribution in [2.45, 2.75) is 103 Å². The third-order valence-electron chi connectivity index (χ3n) is 10.2. The van der Waals surface area contributed by atoms with Crippen LogP contribution in [0.5, 0.6) is 0 Å². The van der Waals surface area contributed by atoms with Crippen LogP contribution in [-0.4, -0.2) is 16.1 Å². The number of allylic oxidation sites excluding steroid dienone is 1. The summed E-state index contributed by atoms with van der Waals surface area (Å²) in [6.45, 7) is 25.3. The summed E-state index contributed by atoms with van der Waals surface area (Å²) in [6.07, 6.45) is 7.16. The second kappa shape index (κ2) is 9.71. The number of hydrogen-bond donors (Lipinski definition) is 0. The first kappa shape index (κ1) is 25.0. The zero-order valence-corrected chi connectivity index (χ0v) is 23.9. The molecule has 0 N–H and O–H groups in total. The molecular formula is C29H50Si2. The van der Waals surface area contributed by atoms with Gasteiger partial charge in [0.25, 0.3) is 0 Å². The van der Waals surface area contributed by atoms with Crippen LogP contribution in [0.1, 0.15) is 59.8 Å². The Bertz CT molecular complexity index is 720. The van der Waals surface area contributed by atoms with Crippen molar-refractivity contribution in [2.24, 2.45) is 29.6 Å². The van der Waals surface area contributed by atoms with Gasteiger partial charge in [-0.2, -0.15) is 0 Å². The minimum Gasteiger partial charge on any atom is -0.100 e.